The summed E-state index contributed by atoms with van der Waals surface area (Å²) in [6.07, 6.45) is 0.663. The maximum absolute atomic E-state index is 11.9. The Kier molecular flexibility index (Phi) is 4.44. The Morgan fingerprint density at radius 2 is 1.93 bits per heavy atom. The van der Waals surface area contributed by atoms with Crippen molar-refractivity contribution in [2.24, 2.45) is 5.14 Å². The SMILES string of the molecule is COc1ccc2c(c1)CC(C)c1c(C(=O)O)nn(-c3ccc(S(N)(=O)=O)cc3)c1-2. The summed E-state index contributed by atoms with van der Waals surface area (Å²) in [4.78, 5) is 11.8. The lowest BCUT2D eigenvalue weighted by atomic mass is 9.82. The van der Waals surface area contributed by atoms with E-state index in [1.165, 1.54) is 12.1 Å². The first kappa shape index (κ1) is 19.2. The van der Waals surface area contributed by atoms with E-state index in [1.807, 2.05) is 25.1 Å². The number of rotatable bonds is 4. The van der Waals surface area contributed by atoms with Gasteiger partial charge in [-0.2, -0.15) is 5.10 Å². The van der Waals surface area contributed by atoms with Gasteiger partial charge in [-0.1, -0.05) is 6.92 Å². The number of aromatic nitrogens is 2. The Labute approximate surface area is 167 Å². The van der Waals surface area contributed by atoms with Crippen molar-refractivity contribution in [1.29, 1.82) is 0 Å². The minimum atomic E-state index is -3.83. The van der Waals surface area contributed by atoms with Crippen LogP contribution in [-0.2, 0) is 16.4 Å². The predicted octanol–water partition coefficient (Wildman–Crippen LogP) is 2.55. The molecule has 0 radical (unpaired) electrons. The first-order chi connectivity index (χ1) is 13.7. The van der Waals surface area contributed by atoms with Gasteiger partial charge in [0.25, 0.3) is 0 Å². The molecule has 9 heteroatoms. The summed E-state index contributed by atoms with van der Waals surface area (Å²) >= 11 is 0. The number of carboxylic acid groups (broad SMARTS) is 1. The van der Waals surface area contributed by atoms with E-state index in [9.17, 15) is 18.3 Å². The number of hydrogen-bond acceptors (Lipinski definition) is 5. The molecule has 4 rings (SSSR count). The van der Waals surface area contributed by atoms with Crippen LogP contribution in [0.15, 0.2) is 47.4 Å². The Bertz CT molecular complexity index is 1230. The Morgan fingerprint density at radius 1 is 1.24 bits per heavy atom. The van der Waals surface area contributed by atoms with Crippen LogP contribution in [0, 0.1) is 0 Å². The van der Waals surface area contributed by atoms with E-state index in [0.29, 0.717) is 23.4 Å². The number of benzene rings is 2. The van der Waals surface area contributed by atoms with Gasteiger partial charge in [-0.25, -0.2) is 23.0 Å². The van der Waals surface area contributed by atoms with Gasteiger partial charge in [0.15, 0.2) is 5.69 Å². The molecule has 1 aliphatic rings. The highest BCUT2D eigenvalue weighted by Crippen LogP contribution is 2.43. The fourth-order valence-corrected chi connectivity index (χ4v) is 4.32. The molecule has 0 aliphatic heterocycles. The zero-order valence-electron chi connectivity index (χ0n) is 15.8. The topological polar surface area (TPSA) is 125 Å². The normalized spacial score (nSPS) is 15.5. The molecular formula is C20H19N3O5S. The van der Waals surface area contributed by atoms with Crippen LogP contribution in [0.1, 0.15) is 34.5 Å². The quantitative estimate of drug-likeness (QED) is 0.677. The van der Waals surface area contributed by atoms with Gasteiger partial charge in [0.2, 0.25) is 10.0 Å². The van der Waals surface area contributed by atoms with Crippen molar-refractivity contribution < 1.29 is 23.1 Å². The Morgan fingerprint density at radius 3 is 2.52 bits per heavy atom. The van der Waals surface area contributed by atoms with Crippen molar-refractivity contribution >= 4 is 16.0 Å². The van der Waals surface area contributed by atoms with Gasteiger partial charge in [0, 0.05) is 11.1 Å². The minimum absolute atomic E-state index is 0.00973. The van der Waals surface area contributed by atoms with Crippen LogP contribution in [0.3, 0.4) is 0 Å². The molecule has 1 aliphatic carbocycles. The number of primary sulfonamides is 1. The highest BCUT2D eigenvalue weighted by Gasteiger charge is 2.33. The predicted molar refractivity (Wildman–Crippen MR) is 106 cm³/mol. The van der Waals surface area contributed by atoms with Crippen molar-refractivity contribution in [2.75, 3.05) is 7.11 Å². The first-order valence-electron chi connectivity index (χ1n) is 8.87. The molecule has 150 valence electrons. The second-order valence-electron chi connectivity index (χ2n) is 7.00. The third-order valence-electron chi connectivity index (χ3n) is 5.12. The number of hydrogen-bond donors (Lipinski definition) is 2. The number of carboxylic acids is 1. The first-order valence-corrected chi connectivity index (χ1v) is 10.4. The molecule has 3 N–H and O–H groups in total. The number of nitrogens with two attached hydrogens (primary N) is 1. The Hall–Kier alpha value is -3.17. The number of sulfonamides is 1. The van der Waals surface area contributed by atoms with Crippen LogP contribution in [-0.4, -0.2) is 36.4 Å². The lowest BCUT2D eigenvalue weighted by Crippen LogP contribution is -2.13. The summed E-state index contributed by atoms with van der Waals surface area (Å²) in [5.74, 6) is -0.445. The fourth-order valence-electron chi connectivity index (χ4n) is 3.81. The molecule has 3 aromatic rings. The van der Waals surface area contributed by atoms with E-state index in [0.717, 1.165) is 16.9 Å². The third kappa shape index (κ3) is 3.18. The summed E-state index contributed by atoms with van der Waals surface area (Å²) in [5, 5.41) is 19.2. The molecule has 1 unspecified atom stereocenters. The lowest BCUT2D eigenvalue weighted by Gasteiger charge is -2.24. The molecular weight excluding hydrogens is 394 g/mol. The largest absolute Gasteiger partial charge is 0.497 e. The second-order valence-corrected chi connectivity index (χ2v) is 8.56. The van der Waals surface area contributed by atoms with Gasteiger partial charge in [0.1, 0.15) is 5.75 Å². The smallest absolute Gasteiger partial charge is 0.356 e. The van der Waals surface area contributed by atoms with E-state index >= 15 is 0 Å². The third-order valence-corrected chi connectivity index (χ3v) is 6.05. The van der Waals surface area contributed by atoms with Crippen LogP contribution in [0.4, 0.5) is 0 Å². The maximum Gasteiger partial charge on any atom is 0.356 e. The number of ether oxygens (including phenoxy) is 1. The van der Waals surface area contributed by atoms with Gasteiger partial charge < -0.3 is 9.84 Å². The summed E-state index contributed by atoms with van der Waals surface area (Å²) in [6, 6.07) is 11.5. The van der Waals surface area contributed by atoms with Crippen molar-refractivity contribution in [3.05, 3.63) is 59.3 Å². The van der Waals surface area contributed by atoms with Crippen LogP contribution in [0.2, 0.25) is 0 Å². The summed E-state index contributed by atoms with van der Waals surface area (Å²) < 4.78 is 29.9. The number of carbonyl (C=O) groups is 1. The number of aromatic carboxylic acids is 1. The molecule has 0 saturated heterocycles. The summed E-state index contributed by atoms with van der Waals surface area (Å²) in [6.45, 7) is 1.96. The average Bonchev–Trinajstić information content (AvgIpc) is 3.09. The van der Waals surface area contributed by atoms with Gasteiger partial charge in [-0.15, -0.1) is 0 Å². The van der Waals surface area contributed by atoms with Crippen molar-refractivity contribution in [2.45, 2.75) is 24.2 Å². The van der Waals surface area contributed by atoms with Crippen molar-refractivity contribution in [3.63, 3.8) is 0 Å². The van der Waals surface area contributed by atoms with Gasteiger partial charge in [-0.05, 0) is 60.4 Å². The minimum Gasteiger partial charge on any atom is -0.497 e. The lowest BCUT2D eigenvalue weighted by molar-refractivity contribution is 0.0688. The van der Waals surface area contributed by atoms with E-state index in [-0.39, 0.29) is 16.5 Å². The standard InChI is InChI=1S/C20H19N3O5S/c1-11-9-12-10-14(28-2)5-8-16(12)19-17(11)18(20(24)25)22-23(19)13-3-6-15(7-4-13)29(21,26)27/h3-8,10-11H,9H2,1-2H3,(H,24,25)(H2,21,26,27). The molecule has 0 fully saturated rings. The van der Waals surface area contributed by atoms with E-state index in [1.54, 1.807) is 23.9 Å². The van der Waals surface area contributed by atoms with E-state index in [4.69, 9.17) is 9.88 Å². The molecule has 0 saturated carbocycles. The van der Waals surface area contributed by atoms with Gasteiger partial charge in [-0.3, -0.25) is 0 Å². The van der Waals surface area contributed by atoms with Gasteiger partial charge >= 0.3 is 5.97 Å². The summed E-state index contributed by atoms with van der Waals surface area (Å²) in [5.41, 5.74) is 3.77. The molecule has 0 spiro atoms. The van der Waals surface area contributed by atoms with Crippen molar-refractivity contribution in [1.82, 2.24) is 9.78 Å². The molecule has 0 amide bonds. The zero-order valence-corrected chi connectivity index (χ0v) is 16.6. The van der Waals surface area contributed by atoms with E-state index < -0.39 is 16.0 Å². The van der Waals surface area contributed by atoms with E-state index in [2.05, 4.69) is 5.10 Å². The van der Waals surface area contributed by atoms with Gasteiger partial charge in [0.05, 0.1) is 23.4 Å². The second kappa shape index (κ2) is 6.71. The number of fused-ring (bicyclic) bond motifs is 3. The molecule has 2 aromatic carbocycles. The highest BCUT2D eigenvalue weighted by atomic mass is 32.2. The average molecular weight is 413 g/mol. The number of nitrogens with zero attached hydrogens (tertiary/aromatic N) is 2. The Balaban J connectivity index is 1.97. The highest BCUT2D eigenvalue weighted by molar-refractivity contribution is 7.89. The zero-order chi connectivity index (χ0) is 20.9. The van der Waals surface area contributed by atoms with Crippen LogP contribution >= 0.6 is 0 Å². The monoisotopic (exact) mass is 413 g/mol. The van der Waals surface area contributed by atoms with Crippen LogP contribution in [0.25, 0.3) is 16.9 Å². The summed E-state index contributed by atoms with van der Waals surface area (Å²) in [7, 11) is -2.23. The van der Waals surface area contributed by atoms with Crippen LogP contribution in [0.5, 0.6) is 5.75 Å². The molecule has 1 heterocycles. The fraction of sp³-hybridized carbons (Fsp3) is 0.200. The molecule has 8 nitrogen and oxygen atoms in total. The molecule has 29 heavy (non-hydrogen) atoms. The molecule has 0 bridgehead atoms. The van der Waals surface area contributed by atoms with Crippen LogP contribution < -0.4 is 9.88 Å². The molecule has 1 aromatic heterocycles. The van der Waals surface area contributed by atoms with Crippen molar-refractivity contribution in [3.8, 4) is 22.7 Å². The number of methoxy groups -OCH3 is 1. The molecule has 1 atom stereocenters. The maximum atomic E-state index is 11.9.